The summed E-state index contributed by atoms with van der Waals surface area (Å²) in [5.41, 5.74) is 1.79. The monoisotopic (exact) mass is 279 g/mol. The second-order valence-corrected chi connectivity index (χ2v) is 4.23. The molecule has 0 saturated heterocycles. The predicted octanol–water partition coefficient (Wildman–Crippen LogP) is 2.77. The number of benzene rings is 1. The van der Waals surface area contributed by atoms with Gasteiger partial charge in [0.05, 0.1) is 12.1 Å². The van der Waals surface area contributed by atoms with E-state index in [1.54, 1.807) is 0 Å². The fourth-order valence-electron chi connectivity index (χ4n) is 1.41. The lowest BCUT2D eigenvalue weighted by Crippen LogP contribution is -1.91. The maximum absolute atomic E-state index is 10.3. The Morgan fingerprint density at radius 1 is 1.38 bits per heavy atom. The van der Waals surface area contributed by atoms with E-state index in [0.29, 0.717) is 24.4 Å². The molecule has 1 aromatic heterocycles. The zero-order valence-corrected chi connectivity index (χ0v) is 10.1. The number of nitrogens with zero attached hydrogens (tertiary/aromatic N) is 1. The van der Waals surface area contributed by atoms with E-state index < -0.39 is 0 Å². The first-order valence-corrected chi connectivity index (χ1v) is 5.69. The molecule has 0 atom stereocenters. The van der Waals surface area contributed by atoms with Crippen molar-refractivity contribution in [3.8, 4) is 0 Å². The molecule has 0 saturated carbocycles. The molecule has 16 heavy (non-hydrogen) atoms. The van der Waals surface area contributed by atoms with Gasteiger partial charge in [0, 0.05) is 10.9 Å². The molecule has 2 aromatic rings. The van der Waals surface area contributed by atoms with Crippen molar-refractivity contribution in [3.05, 3.63) is 52.1 Å². The summed E-state index contributed by atoms with van der Waals surface area (Å²) in [7, 11) is 0. The van der Waals surface area contributed by atoms with E-state index in [1.165, 1.54) is 6.26 Å². The van der Waals surface area contributed by atoms with E-state index in [-0.39, 0.29) is 0 Å². The van der Waals surface area contributed by atoms with Gasteiger partial charge in [-0.05, 0) is 11.6 Å². The van der Waals surface area contributed by atoms with Gasteiger partial charge in [-0.3, -0.25) is 0 Å². The lowest BCUT2D eigenvalue weighted by molar-refractivity contribution is -0.107. The molecule has 0 spiro atoms. The van der Waals surface area contributed by atoms with Crippen LogP contribution >= 0.6 is 15.9 Å². The average molecular weight is 280 g/mol. The highest BCUT2D eigenvalue weighted by Crippen LogP contribution is 2.19. The number of aldehydes is 1. The van der Waals surface area contributed by atoms with Crippen LogP contribution in [0.15, 0.2) is 39.4 Å². The minimum Gasteiger partial charge on any atom is -0.448 e. The van der Waals surface area contributed by atoms with E-state index >= 15 is 0 Å². The number of hydrogen-bond acceptors (Lipinski definition) is 3. The Morgan fingerprint density at radius 2 is 2.19 bits per heavy atom. The van der Waals surface area contributed by atoms with Gasteiger partial charge in [0.25, 0.3) is 0 Å². The fourth-order valence-corrected chi connectivity index (χ4v) is 1.84. The summed E-state index contributed by atoms with van der Waals surface area (Å²) in [6, 6.07) is 7.91. The molecular formula is C12H10BrNO2. The predicted molar refractivity (Wildman–Crippen MR) is 63.2 cm³/mol. The lowest BCUT2D eigenvalue weighted by Gasteiger charge is -1.99. The van der Waals surface area contributed by atoms with Gasteiger partial charge in [0.1, 0.15) is 12.5 Å². The quantitative estimate of drug-likeness (QED) is 0.809. The molecule has 4 heteroatoms. The van der Waals surface area contributed by atoms with Gasteiger partial charge in [-0.25, -0.2) is 4.98 Å². The maximum atomic E-state index is 10.3. The third-order valence-corrected chi connectivity index (χ3v) is 2.96. The van der Waals surface area contributed by atoms with E-state index in [2.05, 4.69) is 20.9 Å². The van der Waals surface area contributed by atoms with Crippen molar-refractivity contribution >= 4 is 22.2 Å². The minimum absolute atomic E-state index is 0.305. The molecule has 1 heterocycles. The largest absolute Gasteiger partial charge is 0.448 e. The van der Waals surface area contributed by atoms with Gasteiger partial charge in [0.2, 0.25) is 0 Å². The van der Waals surface area contributed by atoms with Crippen molar-refractivity contribution in [1.29, 1.82) is 0 Å². The Morgan fingerprint density at radius 3 is 2.94 bits per heavy atom. The Kier molecular flexibility index (Phi) is 3.51. The minimum atomic E-state index is 0.305. The molecule has 0 aliphatic heterocycles. The summed E-state index contributed by atoms with van der Waals surface area (Å²) in [6.07, 6.45) is 3.28. The zero-order valence-electron chi connectivity index (χ0n) is 8.52. The standard InChI is InChI=1S/C12H10BrNO2/c13-11-4-2-1-3-9(11)7-12-14-10(5-6-15)8-16-12/h1-4,6,8H,5,7H2. The number of carbonyl (C=O) groups is 1. The number of oxazole rings is 1. The van der Waals surface area contributed by atoms with Crippen LogP contribution in [0.25, 0.3) is 0 Å². The van der Waals surface area contributed by atoms with Crippen molar-refractivity contribution < 1.29 is 9.21 Å². The van der Waals surface area contributed by atoms with Crippen LogP contribution in [-0.4, -0.2) is 11.3 Å². The van der Waals surface area contributed by atoms with Gasteiger partial charge >= 0.3 is 0 Å². The Hall–Kier alpha value is -1.42. The third kappa shape index (κ3) is 2.58. The molecule has 0 radical (unpaired) electrons. The molecule has 0 bridgehead atoms. The summed E-state index contributed by atoms with van der Waals surface area (Å²) >= 11 is 3.47. The average Bonchev–Trinajstić information content (AvgIpc) is 2.70. The maximum Gasteiger partial charge on any atom is 0.198 e. The molecule has 0 aliphatic carbocycles. The van der Waals surface area contributed by atoms with Gasteiger partial charge in [-0.15, -0.1) is 0 Å². The van der Waals surface area contributed by atoms with E-state index in [1.807, 2.05) is 24.3 Å². The molecule has 0 amide bonds. The van der Waals surface area contributed by atoms with Crippen LogP contribution in [0, 0.1) is 0 Å². The highest BCUT2D eigenvalue weighted by atomic mass is 79.9. The summed E-state index contributed by atoms with van der Waals surface area (Å²) < 4.78 is 6.32. The van der Waals surface area contributed by atoms with Gasteiger partial charge in [-0.1, -0.05) is 34.1 Å². The molecule has 1 aromatic carbocycles. The number of carbonyl (C=O) groups excluding carboxylic acids is 1. The van der Waals surface area contributed by atoms with Crippen LogP contribution in [-0.2, 0) is 17.6 Å². The molecule has 3 nitrogen and oxygen atoms in total. The summed E-state index contributed by atoms with van der Waals surface area (Å²) in [4.78, 5) is 14.5. The Balaban J connectivity index is 2.14. The van der Waals surface area contributed by atoms with Gasteiger partial charge < -0.3 is 9.21 Å². The molecule has 2 rings (SSSR count). The molecule has 82 valence electrons. The second kappa shape index (κ2) is 5.07. The number of halogens is 1. The molecule has 0 aliphatic rings. The first-order chi connectivity index (χ1) is 7.79. The van der Waals surface area contributed by atoms with Crippen LogP contribution in [0.4, 0.5) is 0 Å². The summed E-state index contributed by atoms with van der Waals surface area (Å²) in [5, 5.41) is 0. The van der Waals surface area contributed by atoms with E-state index in [0.717, 1.165) is 16.3 Å². The number of rotatable bonds is 4. The fraction of sp³-hybridized carbons (Fsp3) is 0.167. The first-order valence-electron chi connectivity index (χ1n) is 4.90. The highest BCUT2D eigenvalue weighted by molar-refractivity contribution is 9.10. The lowest BCUT2D eigenvalue weighted by atomic mass is 10.1. The van der Waals surface area contributed by atoms with Gasteiger partial charge in [0.15, 0.2) is 5.89 Å². The van der Waals surface area contributed by atoms with Crippen LogP contribution in [0.3, 0.4) is 0 Å². The number of hydrogen-bond donors (Lipinski definition) is 0. The van der Waals surface area contributed by atoms with Crippen LogP contribution < -0.4 is 0 Å². The third-order valence-electron chi connectivity index (χ3n) is 2.19. The normalized spacial score (nSPS) is 10.3. The highest BCUT2D eigenvalue weighted by Gasteiger charge is 2.06. The van der Waals surface area contributed by atoms with Crippen molar-refractivity contribution in [1.82, 2.24) is 4.98 Å². The topological polar surface area (TPSA) is 43.1 Å². The van der Waals surface area contributed by atoms with Crippen molar-refractivity contribution in [3.63, 3.8) is 0 Å². The molecule has 0 unspecified atom stereocenters. The second-order valence-electron chi connectivity index (χ2n) is 3.37. The summed E-state index contributed by atoms with van der Waals surface area (Å²) in [6.45, 7) is 0. The first kappa shape index (κ1) is 11.1. The van der Waals surface area contributed by atoms with Crippen LogP contribution in [0.5, 0.6) is 0 Å². The van der Waals surface area contributed by atoms with E-state index in [9.17, 15) is 4.79 Å². The van der Waals surface area contributed by atoms with Gasteiger partial charge in [-0.2, -0.15) is 0 Å². The Bertz CT molecular complexity index is 493. The smallest absolute Gasteiger partial charge is 0.198 e. The molecular weight excluding hydrogens is 270 g/mol. The van der Waals surface area contributed by atoms with Crippen molar-refractivity contribution in [2.75, 3.05) is 0 Å². The van der Waals surface area contributed by atoms with Crippen molar-refractivity contribution in [2.45, 2.75) is 12.8 Å². The summed E-state index contributed by atoms with van der Waals surface area (Å²) in [5.74, 6) is 0.628. The van der Waals surface area contributed by atoms with Crippen LogP contribution in [0.1, 0.15) is 17.1 Å². The van der Waals surface area contributed by atoms with Crippen LogP contribution in [0.2, 0.25) is 0 Å². The molecule has 0 N–H and O–H groups in total. The Labute approximate surface area is 102 Å². The zero-order chi connectivity index (χ0) is 11.4. The SMILES string of the molecule is O=CCc1coc(Cc2ccccc2Br)n1. The molecule has 0 fully saturated rings. The van der Waals surface area contributed by atoms with E-state index in [4.69, 9.17) is 4.42 Å². The van der Waals surface area contributed by atoms with Crippen molar-refractivity contribution in [2.24, 2.45) is 0 Å². The number of aromatic nitrogens is 1.